The summed E-state index contributed by atoms with van der Waals surface area (Å²) in [5, 5.41) is 8.43. The van der Waals surface area contributed by atoms with Crippen molar-refractivity contribution in [1.29, 1.82) is 0 Å². The fraction of sp³-hybridized carbons (Fsp3) is 0.214. The van der Waals surface area contributed by atoms with Gasteiger partial charge in [-0.15, -0.1) is 0 Å². The van der Waals surface area contributed by atoms with E-state index in [4.69, 9.17) is 4.52 Å². The number of hydrogen-bond acceptors (Lipinski definition) is 4. The molecule has 0 bridgehead atoms. The minimum absolute atomic E-state index is 0.470. The number of halogens is 1. The molecule has 3 aromatic rings. The number of benzene rings is 1. The van der Waals surface area contributed by atoms with Crippen LogP contribution in [0.5, 0.6) is 0 Å². The first kappa shape index (κ1) is 13.1. The highest BCUT2D eigenvalue weighted by Crippen LogP contribution is 2.21. The first-order valence-corrected chi connectivity index (χ1v) is 7.02. The van der Waals surface area contributed by atoms with Crippen LogP contribution in [-0.4, -0.2) is 19.9 Å². The van der Waals surface area contributed by atoms with Crippen LogP contribution < -0.4 is 0 Å². The molecule has 0 fully saturated rings. The molecule has 0 N–H and O–H groups in total. The Bertz CT molecular complexity index is 733. The molecule has 0 saturated carbocycles. The monoisotopic (exact) mass is 332 g/mol. The lowest BCUT2D eigenvalue weighted by molar-refractivity contribution is 0.364. The first-order chi connectivity index (χ1) is 9.65. The van der Waals surface area contributed by atoms with E-state index in [-0.39, 0.29) is 0 Å². The molecule has 0 radical (unpaired) electrons. The molecule has 0 unspecified atom stereocenters. The van der Waals surface area contributed by atoms with Gasteiger partial charge in [-0.3, -0.25) is 4.68 Å². The average molecular weight is 333 g/mol. The van der Waals surface area contributed by atoms with Crippen LogP contribution in [0.1, 0.15) is 17.3 Å². The topological polar surface area (TPSA) is 56.7 Å². The van der Waals surface area contributed by atoms with Gasteiger partial charge in [0, 0.05) is 5.56 Å². The van der Waals surface area contributed by atoms with Gasteiger partial charge in [0.05, 0.1) is 15.9 Å². The number of aryl methyl sites for hydroxylation is 1. The minimum atomic E-state index is 0.470. The van der Waals surface area contributed by atoms with E-state index >= 15 is 0 Å². The molecule has 0 amide bonds. The lowest BCUT2D eigenvalue weighted by atomic mass is 10.2. The van der Waals surface area contributed by atoms with E-state index in [1.807, 2.05) is 48.9 Å². The highest BCUT2D eigenvalue weighted by atomic mass is 79.9. The van der Waals surface area contributed by atoms with E-state index in [1.165, 1.54) is 0 Å². The van der Waals surface area contributed by atoms with Crippen molar-refractivity contribution in [3.63, 3.8) is 0 Å². The molecule has 0 aliphatic carbocycles. The van der Waals surface area contributed by atoms with Gasteiger partial charge in [-0.2, -0.15) is 10.1 Å². The second-order valence-electron chi connectivity index (χ2n) is 4.52. The summed E-state index contributed by atoms with van der Waals surface area (Å²) >= 11 is 3.51. The Hall–Kier alpha value is -1.95. The number of hydrogen-bond donors (Lipinski definition) is 0. The quantitative estimate of drug-likeness (QED) is 0.737. The molecule has 3 rings (SSSR count). The molecule has 0 aliphatic rings. The Kier molecular flexibility index (Phi) is 3.40. The Morgan fingerprint density at radius 1 is 1.20 bits per heavy atom. The number of rotatable bonds is 3. The van der Waals surface area contributed by atoms with Gasteiger partial charge in [-0.05, 0) is 29.8 Å². The fourth-order valence-electron chi connectivity index (χ4n) is 1.98. The Morgan fingerprint density at radius 2 is 1.95 bits per heavy atom. The summed E-state index contributed by atoms with van der Waals surface area (Å²) < 4.78 is 8.15. The number of aromatic nitrogens is 4. The second-order valence-corrected chi connectivity index (χ2v) is 5.31. The fourth-order valence-corrected chi connectivity index (χ4v) is 2.26. The highest BCUT2D eigenvalue weighted by Gasteiger charge is 2.13. The normalized spacial score (nSPS) is 10.9. The largest absolute Gasteiger partial charge is 0.337 e. The summed E-state index contributed by atoms with van der Waals surface area (Å²) in [6.07, 6.45) is 0. The van der Waals surface area contributed by atoms with E-state index in [0.29, 0.717) is 18.3 Å². The summed E-state index contributed by atoms with van der Waals surface area (Å²) in [4.78, 5) is 4.40. The molecular formula is C14H13BrN4O. The van der Waals surface area contributed by atoms with Crippen LogP contribution in [0.4, 0.5) is 0 Å². The van der Waals surface area contributed by atoms with Crippen molar-refractivity contribution in [1.82, 2.24) is 19.9 Å². The zero-order valence-corrected chi connectivity index (χ0v) is 12.8. The minimum Gasteiger partial charge on any atom is -0.337 e. The van der Waals surface area contributed by atoms with E-state index in [2.05, 4.69) is 31.2 Å². The highest BCUT2D eigenvalue weighted by molar-refractivity contribution is 9.10. The summed E-state index contributed by atoms with van der Waals surface area (Å²) in [6.45, 7) is 4.42. The van der Waals surface area contributed by atoms with Gasteiger partial charge < -0.3 is 4.52 Å². The van der Waals surface area contributed by atoms with Gasteiger partial charge >= 0.3 is 0 Å². The van der Waals surface area contributed by atoms with Crippen LogP contribution in [0.2, 0.25) is 0 Å². The Labute approximate surface area is 124 Å². The van der Waals surface area contributed by atoms with Crippen LogP contribution in [0.3, 0.4) is 0 Å². The second kappa shape index (κ2) is 5.20. The molecular weight excluding hydrogens is 320 g/mol. The molecule has 0 atom stereocenters. The summed E-state index contributed by atoms with van der Waals surface area (Å²) in [6, 6.07) is 9.76. The Morgan fingerprint density at radius 3 is 2.60 bits per heavy atom. The van der Waals surface area contributed by atoms with Gasteiger partial charge in [-0.25, -0.2) is 0 Å². The van der Waals surface area contributed by atoms with Crippen molar-refractivity contribution in [2.24, 2.45) is 0 Å². The van der Waals surface area contributed by atoms with Crippen LogP contribution in [0.15, 0.2) is 39.3 Å². The molecule has 5 nitrogen and oxygen atoms in total. The molecule has 0 saturated heterocycles. The van der Waals surface area contributed by atoms with Gasteiger partial charge in [0.25, 0.3) is 0 Å². The van der Waals surface area contributed by atoms with Crippen molar-refractivity contribution in [3.8, 4) is 11.4 Å². The summed E-state index contributed by atoms with van der Waals surface area (Å²) in [5.74, 6) is 1.14. The van der Waals surface area contributed by atoms with Crippen molar-refractivity contribution < 1.29 is 4.52 Å². The predicted octanol–water partition coefficient (Wildman–Crippen LogP) is 3.36. The van der Waals surface area contributed by atoms with Gasteiger partial charge in [-0.1, -0.05) is 35.5 Å². The third-order valence-corrected chi connectivity index (χ3v) is 4.23. The third kappa shape index (κ3) is 2.38. The zero-order chi connectivity index (χ0) is 14.1. The van der Waals surface area contributed by atoms with E-state index in [9.17, 15) is 0 Å². The van der Waals surface area contributed by atoms with Gasteiger partial charge in [0.15, 0.2) is 0 Å². The lowest BCUT2D eigenvalue weighted by Gasteiger charge is -1.99. The maximum atomic E-state index is 5.29. The van der Waals surface area contributed by atoms with Crippen LogP contribution in [0, 0.1) is 13.8 Å². The van der Waals surface area contributed by atoms with E-state index in [0.717, 1.165) is 21.4 Å². The van der Waals surface area contributed by atoms with Crippen LogP contribution >= 0.6 is 15.9 Å². The standard InChI is InChI=1S/C14H13BrN4O/c1-9-13(15)10(2)19(17-9)8-12-16-14(18-20-12)11-6-4-3-5-7-11/h3-7H,8H2,1-2H3. The maximum absolute atomic E-state index is 5.29. The zero-order valence-electron chi connectivity index (χ0n) is 11.2. The van der Waals surface area contributed by atoms with Crippen molar-refractivity contribution in [3.05, 3.63) is 52.1 Å². The molecule has 2 aromatic heterocycles. The van der Waals surface area contributed by atoms with Crippen molar-refractivity contribution in [2.45, 2.75) is 20.4 Å². The molecule has 102 valence electrons. The van der Waals surface area contributed by atoms with Gasteiger partial charge in [0.1, 0.15) is 6.54 Å². The Balaban J connectivity index is 1.86. The molecule has 20 heavy (non-hydrogen) atoms. The summed E-state index contributed by atoms with van der Waals surface area (Å²) in [5.41, 5.74) is 2.93. The van der Waals surface area contributed by atoms with E-state index < -0.39 is 0 Å². The predicted molar refractivity (Wildman–Crippen MR) is 78.2 cm³/mol. The smallest absolute Gasteiger partial charge is 0.248 e. The molecule has 1 aromatic carbocycles. The van der Waals surface area contributed by atoms with Crippen molar-refractivity contribution in [2.75, 3.05) is 0 Å². The third-order valence-electron chi connectivity index (χ3n) is 3.08. The molecule has 0 aliphatic heterocycles. The average Bonchev–Trinajstić information content (AvgIpc) is 3.02. The van der Waals surface area contributed by atoms with Crippen LogP contribution in [0.25, 0.3) is 11.4 Å². The molecule has 2 heterocycles. The maximum Gasteiger partial charge on any atom is 0.248 e. The van der Waals surface area contributed by atoms with Gasteiger partial charge in [0.2, 0.25) is 11.7 Å². The lowest BCUT2D eigenvalue weighted by Crippen LogP contribution is -2.04. The van der Waals surface area contributed by atoms with Crippen molar-refractivity contribution >= 4 is 15.9 Å². The number of nitrogens with zero attached hydrogens (tertiary/aromatic N) is 4. The van der Waals surface area contributed by atoms with Crippen LogP contribution in [-0.2, 0) is 6.54 Å². The molecule has 0 spiro atoms. The SMILES string of the molecule is Cc1nn(Cc2nc(-c3ccccc3)no2)c(C)c1Br. The molecule has 6 heteroatoms. The van der Waals surface area contributed by atoms with E-state index in [1.54, 1.807) is 0 Å². The summed E-state index contributed by atoms with van der Waals surface area (Å²) in [7, 11) is 0. The first-order valence-electron chi connectivity index (χ1n) is 6.22.